The van der Waals surface area contributed by atoms with Crippen molar-refractivity contribution >= 4 is 57.0 Å². The van der Waals surface area contributed by atoms with Crippen LogP contribution in [0.25, 0.3) is 0 Å². The van der Waals surface area contributed by atoms with Crippen molar-refractivity contribution in [2.75, 3.05) is 183 Å². The summed E-state index contributed by atoms with van der Waals surface area (Å²) in [7, 11) is -4.02. The van der Waals surface area contributed by atoms with Crippen LogP contribution in [0.2, 0.25) is 0 Å². The van der Waals surface area contributed by atoms with Gasteiger partial charge in [-0.15, -0.1) is 0 Å². The summed E-state index contributed by atoms with van der Waals surface area (Å²) in [6.45, 7) is 10.9. The third-order valence-electron chi connectivity index (χ3n) is 8.03. The van der Waals surface area contributed by atoms with E-state index in [-0.39, 0.29) is 25.2 Å². The molecule has 0 rings (SSSR count). The zero-order valence-corrected chi connectivity index (χ0v) is 43.2. The number of carboxylic acids is 2. The van der Waals surface area contributed by atoms with E-state index in [1.807, 2.05) is 0 Å². The highest BCUT2D eigenvalue weighted by Crippen LogP contribution is 2.14. The van der Waals surface area contributed by atoms with Gasteiger partial charge in [0.05, 0.1) is 158 Å². The van der Waals surface area contributed by atoms with Crippen LogP contribution >= 0.6 is 21.6 Å². The molecule has 21 nitrogen and oxygen atoms in total. The van der Waals surface area contributed by atoms with E-state index >= 15 is 0 Å². The fourth-order valence-corrected chi connectivity index (χ4v) is 8.53. The summed E-state index contributed by atoms with van der Waals surface area (Å²) in [5.41, 5.74) is 0. The maximum Gasteiger partial charge on any atom is 0.305 e. The van der Waals surface area contributed by atoms with Crippen LogP contribution in [-0.4, -0.2) is 227 Å². The Balaban J connectivity index is 0. The molecule has 0 aromatic carbocycles. The van der Waals surface area contributed by atoms with Gasteiger partial charge >= 0.3 is 11.9 Å². The molecule has 0 radical (unpaired) electrons. The number of carbonyl (C=O) groups excluding carboxylic acids is 1. The molecule has 0 aromatic rings. The fraction of sp³-hybridized carbons (Fsp3) is 0.929. The van der Waals surface area contributed by atoms with Gasteiger partial charge in [0, 0.05) is 49.9 Å². The monoisotopic (exact) mass is 1050 g/mol. The first-order chi connectivity index (χ1) is 32.2. The molecule has 0 amide bonds. The second-order valence-corrected chi connectivity index (χ2v) is 23.4. The highest BCUT2D eigenvalue weighted by molar-refractivity contribution is 8.72. The van der Waals surface area contributed by atoms with Gasteiger partial charge in [-0.2, -0.15) is 0 Å². The van der Waals surface area contributed by atoms with Crippen molar-refractivity contribution in [3.8, 4) is 0 Å². The maximum absolute atomic E-state index is 11.9. The quantitative estimate of drug-likeness (QED) is 0.0651. The second kappa shape index (κ2) is 52.6. The van der Waals surface area contributed by atoms with Gasteiger partial charge in [0.25, 0.3) is 0 Å². The van der Waals surface area contributed by atoms with E-state index in [9.17, 15) is 31.2 Å². The van der Waals surface area contributed by atoms with Crippen molar-refractivity contribution in [1.82, 2.24) is 0 Å². The Morgan fingerprint density at radius 1 is 0.313 bits per heavy atom. The number of hydrogen-bond acceptors (Lipinski definition) is 21. The first-order valence-corrected chi connectivity index (χ1v) is 29.6. The fourth-order valence-electron chi connectivity index (χ4n) is 4.75. The lowest BCUT2D eigenvalue weighted by atomic mass is 10.1. The number of ketones is 1. The van der Waals surface area contributed by atoms with Gasteiger partial charge in [0.15, 0.2) is 17.7 Å². The van der Waals surface area contributed by atoms with Gasteiger partial charge in [0.2, 0.25) is 0 Å². The minimum Gasteiger partial charge on any atom is -0.481 e. The molecule has 0 aliphatic heterocycles. The third kappa shape index (κ3) is 69.1. The average molecular weight is 1050 g/mol. The van der Waals surface area contributed by atoms with Gasteiger partial charge in [-0.1, -0.05) is 12.8 Å². The Kier molecular flexibility index (Phi) is 53.2. The van der Waals surface area contributed by atoms with Crippen LogP contribution in [0.1, 0.15) is 70.6 Å². The van der Waals surface area contributed by atoms with Gasteiger partial charge in [-0.05, 0) is 53.7 Å². The van der Waals surface area contributed by atoms with E-state index in [0.717, 1.165) is 53.7 Å². The molecule has 0 saturated carbocycles. The topological polar surface area (TPSA) is 271 Å². The summed E-state index contributed by atoms with van der Waals surface area (Å²) in [5.74, 6) is -0.321. The zero-order chi connectivity index (χ0) is 49.8. The molecule has 67 heavy (non-hydrogen) atoms. The summed E-state index contributed by atoms with van der Waals surface area (Å²) in [6, 6.07) is 0. The second-order valence-electron chi connectivity index (χ2n) is 14.2. The number of carboxylic acid groups (broad SMARTS) is 2. The summed E-state index contributed by atoms with van der Waals surface area (Å²) in [5, 5.41) is 16.8. The van der Waals surface area contributed by atoms with Crippen LogP contribution in [-0.2, 0) is 89.0 Å². The van der Waals surface area contributed by atoms with Crippen molar-refractivity contribution < 1.29 is 98.3 Å². The largest absolute Gasteiger partial charge is 0.481 e. The normalized spacial score (nSPS) is 11.7. The van der Waals surface area contributed by atoms with Crippen molar-refractivity contribution in [3.05, 3.63) is 0 Å². The number of unbranched alkanes of at least 4 members (excludes halogenated alkanes) is 4. The van der Waals surface area contributed by atoms with E-state index in [2.05, 4.69) is 0 Å². The van der Waals surface area contributed by atoms with E-state index < -0.39 is 29.7 Å². The van der Waals surface area contributed by atoms with Crippen LogP contribution in [0, 0.1) is 0 Å². The van der Waals surface area contributed by atoms with Crippen molar-refractivity contribution in [2.45, 2.75) is 70.6 Å². The minimum atomic E-state index is -2.97. The smallest absolute Gasteiger partial charge is 0.305 e. The molecule has 0 aliphatic rings. The molecule has 0 saturated heterocycles. The molecule has 25 heteroatoms. The lowest BCUT2D eigenvalue weighted by molar-refractivity contribution is -0.138. The molecule has 0 aromatic heterocycles. The summed E-state index contributed by atoms with van der Waals surface area (Å²) >= 11 is 0. The van der Waals surface area contributed by atoms with Gasteiger partial charge in [-0.25, -0.2) is 16.8 Å². The molecule has 0 fully saturated rings. The van der Waals surface area contributed by atoms with Crippen molar-refractivity contribution in [3.63, 3.8) is 0 Å². The predicted molar refractivity (Wildman–Crippen MR) is 255 cm³/mol. The first kappa shape index (κ1) is 67.8. The number of rotatable bonds is 54. The number of carbonyl (C=O) groups is 3. The average Bonchev–Trinajstić information content (AvgIpc) is 3.26. The molecular weight excluding hydrogens is 969 g/mol. The molecule has 2 N–H and O–H groups in total. The van der Waals surface area contributed by atoms with Gasteiger partial charge in [0.1, 0.15) is 5.78 Å². The van der Waals surface area contributed by atoms with Crippen LogP contribution in [0.5, 0.6) is 0 Å². The van der Waals surface area contributed by atoms with E-state index in [1.54, 1.807) is 0 Å². The van der Waals surface area contributed by atoms with Crippen LogP contribution in [0.4, 0.5) is 0 Å². The summed E-state index contributed by atoms with van der Waals surface area (Å²) < 4.78 is 108. The number of hydrogen-bond donors (Lipinski definition) is 2. The number of ether oxygens (including phenoxy) is 12. The SMILES string of the molecule is CS(=O)(=O)SCCCCCC(=O)CCCOCCOCCOCCOCCOCCOCCOCCOCCOCCOCCOCCOCCC(=O)O.CS(=O)(=O)SCCCCCC(=O)O. The number of Topliss-reactive ketones (excluding diaryl/α,β-unsaturated/α-hetero) is 1. The standard InChI is InChI=1S/C35H68O17S2.C7H14O4S2/c1-54(39,40)53-33-4-2-3-6-34(36)7-5-9-41-11-13-43-15-17-45-19-21-47-23-25-49-27-29-51-31-32-52-30-28-50-26-24-48-22-20-46-18-16-44-14-12-42-10-8-35(37)38;1-13(10,11)12-6-4-2-3-5-7(8)9/h2-33H2,1H3,(H,37,38);2-6H2,1H3,(H,8,9). The zero-order valence-electron chi connectivity index (χ0n) is 39.9. The Morgan fingerprint density at radius 3 is 0.821 bits per heavy atom. The summed E-state index contributed by atoms with van der Waals surface area (Å²) in [4.78, 5) is 32.3. The Bertz CT molecular complexity index is 1330. The molecule has 0 spiro atoms. The van der Waals surface area contributed by atoms with Crippen LogP contribution in [0.15, 0.2) is 0 Å². The Morgan fingerprint density at radius 2 is 0.552 bits per heavy atom. The molecule has 0 heterocycles. The van der Waals surface area contributed by atoms with Gasteiger partial charge < -0.3 is 67.1 Å². The van der Waals surface area contributed by atoms with E-state index in [0.29, 0.717) is 189 Å². The molecule has 400 valence electrons. The first-order valence-electron chi connectivity index (χ1n) is 22.8. The molecular formula is C42H82O21S4. The number of aliphatic carboxylic acids is 2. The maximum atomic E-state index is 11.9. The van der Waals surface area contributed by atoms with Crippen LogP contribution < -0.4 is 0 Å². The van der Waals surface area contributed by atoms with Crippen molar-refractivity contribution in [2.24, 2.45) is 0 Å². The molecule has 0 aliphatic carbocycles. The van der Waals surface area contributed by atoms with Crippen molar-refractivity contribution in [1.29, 1.82) is 0 Å². The van der Waals surface area contributed by atoms with Crippen LogP contribution in [0.3, 0.4) is 0 Å². The molecule has 0 bridgehead atoms. The van der Waals surface area contributed by atoms with E-state index in [1.165, 1.54) is 12.5 Å². The predicted octanol–water partition coefficient (Wildman–Crippen LogP) is 3.59. The molecule has 0 unspecified atom stereocenters. The highest BCUT2D eigenvalue weighted by atomic mass is 33.1. The lowest BCUT2D eigenvalue weighted by Gasteiger charge is -2.09. The highest BCUT2D eigenvalue weighted by Gasteiger charge is 2.06. The molecule has 0 atom stereocenters. The Hall–Kier alpha value is -1.27. The van der Waals surface area contributed by atoms with E-state index in [4.69, 9.17) is 67.1 Å². The summed E-state index contributed by atoms with van der Waals surface area (Å²) in [6.07, 6.45) is 8.89. The minimum absolute atomic E-state index is 0.00881. The Labute approximate surface area is 406 Å². The lowest BCUT2D eigenvalue weighted by Crippen LogP contribution is -2.15. The third-order valence-corrected chi connectivity index (χ3v) is 13.4. The van der Waals surface area contributed by atoms with Gasteiger partial charge in [-0.3, -0.25) is 14.4 Å².